The molecular weight excluding hydrogens is 212 g/mol. The Morgan fingerprint density at radius 2 is 2.29 bits per heavy atom. The van der Waals surface area contributed by atoms with E-state index in [9.17, 15) is 0 Å². The van der Waals surface area contributed by atoms with E-state index in [2.05, 4.69) is 18.0 Å². The second kappa shape index (κ2) is 4.39. The number of hydrogen-bond donors (Lipinski definition) is 1. The van der Waals surface area contributed by atoms with Crippen LogP contribution in [0.3, 0.4) is 0 Å². The van der Waals surface area contributed by atoms with Crippen molar-refractivity contribution in [3.63, 3.8) is 0 Å². The molecule has 4 unspecified atom stereocenters. The van der Waals surface area contributed by atoms with Gasteiger partial charge < -0.3 is 10.5 Å². The van der Waals surface area contributed by atoms with Crippen molar-refractivity contribution in [3.05, 3.63) is 29.6 Å². The molecular formula is C14H20N2O. The lowest BCUT2D eigenvalue weighted by atomic mass is 9.92. The second-order valence-electron chi connectivity index (χ2n) is 5.33. The molecule has 3 rings (SSSR count). The smallest absolute Gasteiger partial charge is 0.0737 e. The van der Waals surface area contributed by atoms with Gasteiger partial charge in [0.05, 0.1) is 12.2 Å². The molecule has 0 bridgehead atoms. The van der Waals surface area contributed by atoms with Gasteiger partial charge in [-0.15, -0.1) is 0 Å². The summed E-state index contributed by atoms with van der Waals surface area (Å²) in [5.41, 5.74) is 8.98. The average molecular weight is 232 g/mol. The molecule has 0 spiro atoms. The summed E-state index contributed by atoms with van der Waals surface area (Å²) in [5, 5.41) is 0. The Kier molecular flexibility index (Phi) is 2.89. The van der Waals surface area contributed by atoms with Crippen LogP contribution in [0.2, 0.25) is 0 Å². The molecule has 3 nitrogen and oxygen atoms in total. The van der Waals surface area contributed by atoms with Crippen molar-refractivity contribution in [2.75, 3.05) is 0 Å². The maximum absolute atomic E-state index is 6.40. The quantitative estimate of drug-likeness (QED) is 0.848. The van der Waals surface area contributed by atoms with Crippen LogP contribution in [0.4, 0.5) is 0 Å². The van der Waals surface area contributed by atoms with Crippen molar-refractivity contribution in [3.8, 4) is 0 Å². The Morgan fingerprint density at radius 3 is 3.06 bits per heavy atom. The molecule has 2 aliphatic rings. The van der Waals surface area contributed by atoms with Crippen molar-refractivity contribution in [2.24, 2.45) is 5.73 Å². The molecule has 1 aromatic heterocycles. The van der Waals surface area contributed by atoms with Crippen molar-refractivity contribution in [1.82, 2.24) is 4.98 Å². The number of pyridine rings is 1. The van der Waals surface area contributed by atoms with Gasteiger partial charge in [-0.1, -0.05) is 6.07 Å². The highest BCUT2D eigenvalue weighted by atomic mass is 16.5. The molecule has 0 saturated carbocycles. The van der Waals surface area contributed by atoms with Gasteiger partial charge in [-0.3, -0.25) is 4.98 Å². The Balaban J connectivity index is 1.78. The highest BCUT2D eigenvalue weighted by molar-refractivity contribution is 5.30. The summed E-state index contributed by atoms with van der Waals surface area (Å²) in [5.74, 6) is 0.390. The zero-order valence-electron chi connectivity index (χ0n) is 10.3. The maximum Gasteiger partial charge on any atom is 0.0737 e. The van der Waals surface area contributed by atoms with Gasteiger partial charge >= 0.3 is 0 Å². The van der Waals surface area contributed by atoms with Crippen LogP contribution in [-0.2, 0) is 11.2 Å². The average Bonchev–Trinajstić information content (AvgIpc) is 2.94. The molecule has 0 amide bonds. The second-order valence-corrected chi connectivity index (χ2v) is 5.33. The van der Waals surface area contributed by atoms with Gasteiger partial charge in [0.25, 0.3) is 0 Å². The van der Waals surface area contributed by atoms with Crippen LogP contribution in [0.1, 0.15) is 43.4 Å². The number of rotatable bonds is 2. The first kappa shape index (κ1) is 11.2. The lowest BCUT2D eigenvalue weighted by Gasteiger charge is -2.25. The molecule has 3 heteroatoms. The van der Waals surface area contributed by atoms with Crippen LogP contribution < -0.4 is 5.73 Å². The normalized spacial score (nSPS) is 33.6. The molecule has 1 aliphatic heterocycles. The van der Waals surface area contributed by atoms with Crippen LogP contribution in [0, 0.1) is 0 Å². The first-order chi connectivity index (χ1) is 8.25. The van der Waals surface area contributed by atoms with E-state index in [1.54, 1.807) is 0 Å². The van der Waals surface area contributed by atoms with E-state index in [0.717, 1.165) is 25.7 Å². The maximum atomic E-state index is 6.40. The molecule has 0 aromatic carbocycles. The van der Waals surface area contributed by atoms with Crippen LogP contribution in [0.25, 0.3) is 0 Å². The Labute approximate surface area is 102 Å². The van der Waals surface area contributed by atoms with Crippen LogP contribution in [-0.4, -0.2) is 23.2 Å². The van der Waals surface area contributed by atoms with Gasteiger partial charge in [-0.25, -0.2) is 0 Å². The van der Waals surface area contributed by atoms with Crippen LogP contribution in [0.5, 0.6) is 0 Å². The van der Waals surface area contributed by atoms with Gasteiger partial charge in [0.1, 0.15) is 0 Å². The zero-order chi connectivity index (χ0) is 11.8. The lowest BCUT2D eigenvalue weighted by Crippen LogP contribution is -2.39. The van der Waals surface area contributed by atoms with Crippen molar-refractivity contribution >= 4 is 0 Å². The number of nitrogens with two attached hydrogens (primary N) is 1. The molecule has 17 heavy (non-hydrogen) atoms. The van der Waals surface area contributed by atoms with E-state index < -0.39 is 0 Å². The Bertz CT molecular complexity index is 407. The van der Waals surface area contributed by atoms with Gasteiger partial charge in [-0.05, 0) is 44.2 Å². The van der Waals surface area contributed by atoms with Crippen molar-refractivity contribution in [1.29, 1.82) is 0 Å². The summed E-state index contributed by atoms with van der Waals surface area (Å²) in [6.45, 7) is 2.13. The van der Waals surface area contributed by atoms with Gasteiger partial charge in [-0.2, -0.15) is 0 Å². The lowest BCUT2D eigenvalue weighted by molar-refractivity contribution is 0.0345. The van der Waals surface area contributed by atoms with Crippen LogP contribution >= 0.6 is 0 Å². The highest BCUT2D eigenvalue weighted by Crippen LogP contribution is 2.36. The number of ether oxygens (including phenoxy) is 1. The number of fused-ring (bicyclic) bond motifs is 1. The topological polar surface area (TPSA) is 48.1 Å². The van der Waals surface area contributed by atoms with Gasteiger partial charge in [0.15, 0.2) is 0 Å². The first-order valence-electron chi connectivity index (χ1n) is 6.60. The third-order valence-corrected chi connectivity index (χ3v) is 4.16. The minimum Gasteiger partial charge on any atom is -0.374 e. The predicted molar refractivity (Wildman–Crippen MR) is 66.8 cm³/mol. The van der Waals surface area contributed by atoms with E-state index in [1.807, 2.05) is 12.3 Å². The monoisotopic (exact) mass is 232 g/mol. The molecule has 2 heterocycles. The van der Waals surface area contributed by atoms with E-state index >= 15 is 0 Å². The Hall–Kier alpha value is -0.930. The van der Waals surface area contributed by atoms with E-state index in [0.29, 0.717) is 12.0 Å². The van der Waals surface area contributed by atoms with E-state index in [1.165, 1.54) is 11.3 Å². The molecule has 0 radical (unpaired) electrons. The number of nitrogens with zero attached hydrogens (tertiary/aromatic N) is 1. The van der Waals surface area contributed by atoms with Crippen molar-refractivity contribution in [2.45, 2.75) is 56.8 Å². The van der Waals surface area contributed by atoms with Gasteiger partial charge in [0.2, 0.25) is 0 Å². The minimum atomic E-state index is 0.107. The zero-order valence-corrected chi connectivity index (χ0v) is 10.3. The number of aryl methyl sites for hydroxylation is 1. The SMILES string of the molecule is CC1CCC(C(N)C2CCc3cccnc32)O1. The molecule has 1 aromatic rings. The summed E-state index contributed by atoms with van der Waals surface area (Å²) in [6, 6.07) is 4.30. The molecule has 1 aliphatic carbocycles. The highest BCUT2D eigenvalue weighted by Gasteiger charge is 2.36. The van der Waals surface area contributed by atoms with Crippen LogP contribution in [0.15, 0.2) is 18.3 Å². The molecule has 4 atom stereocenters. The van der Waals surface area contributed by atoms with E-state index in [-0.39, 0.29) is 12.1 Å². The van der Waals surface area contributed by atoms with Crippen molar-refractivity contribution < 1.29 is 4.74 Å². The minimum absolute atomic E-state index is 0.107. The predicted octanol–water partition coefficient (Wildman–Crippen LogP) is 2.01. The standard InChI is InChI=1S/C14H20N2O/c1-9-4-7-12(17-9)13(15)11-6-5-10-3-2-8-16-14(10)11/h2-3,8-9,11-13H,4-7,15H2,1H3. The largest absolute Gasteiger partial charge is 0.374 e. The fourth-order valence-corrected chi connectivity index (χ4v) is 3.19. The first-order valence-corrected chi connectivity index (χ1v) is 6.60. The molecule has 1 saturated heterocycles. The summed E-state index contributed by atoms with van der Waals surface area (Å²) in [6.07, 6.45) is 6.95. The summed E-state index contributed by atoms with van der Waals surface area (Å²) >= 11 is 0. The number of hydrogen-bond acceptors (Lipinski definition) is 3. The summed E-state index contributed by atoms with van der Waals surface area (Å²) in [7, 11) is 0. The Morgan fingerprint density at radius 1 is 1.41 bits per heavy atom. The third-order valence-electron chi connectivity index (χ3n) is 4.16. The summed E-state index contributed by atoms with van der Waals surface area (Å²) < 4.78 is 5.90. The fraction of sp³-hybridized carbons (Fsp3) is 0.643. The fourth-order valence-electron chi connectivity index (χ4n) is 3.19. The third kappa shape index (κ3) is 1.98. The van der Waals surface area contributed by atoms with Gasteiger partial charge in [0, 0.05) is 23.9 Å². The number of aromatic nitrogens is 1. The molecule has 92 valence electrons. The molecule has 2 N–H and O–H groups in total. The summed E-state index contributed by atoms with van der Waals surface area (Å²) in [4.78, 5) is 4.52. The molecule has 1 fully saturated rings. The van der Waals surface area contributed by atoms with E-state index in [4.69, 9.17) is 10.5 Å².